The largest absolute Gasteiger partial charge is 0.471 e. The molecule has 2 unspecified atom stereocenters. The highest BCUT2D eigenvalue weighted by Crippen LogP contribution is 2.32. The Morgan fingerprint density at radius 2 is 2.00 bits per heavy atom. The molecule has 0 amide bonds. The Labute approximate surface area is 160 Å². The maximum atomic E-state index is 14.9. The molecule has 1 N–H and O–H groups in total. The molecule has 9 heteroatoms. The number of hydrogen-bond donors (Lipinski definition) is 1. The molecule has 0 spiro atoms. The van der Waals surface area contributed by atoms with Crippen LogP contribution in [0.2, 0.25) is 0 Å². The molecule has 0 radical (unpaired) electrons. The zero-order valence-electron chi connectivity index (χ0n) is 15.2. The molecule has 4 rings (SSSR count). The van der Waals surface area contributed by atoms with E-state index in [0.717, 1.165) is 19.2 Å². The Balaban J connectivity index is 1.55. The minimum atomic E-state index is -0.788. The van der Waals surface area contributed by atoms with E-state index in [4.69, 9.17) is 14.7 Å². The van der Waals surface area contributed by atoms with E-state index < -0.39 is 11.6 Å². The fraction of sp³-hybridized carbons (Fsp3) is 0.421. The fourth-order valence-corrected chi connectivity index (χ4v) is 3.79. The number of anilines is 2. The number of likely N-dealkylation sites (tertiary alicyclic amines) is 1. The average molecular weight is 387 g/mol. The second-order valence-corrected chi connectivity index (χ2v) is 7.13. The summed E-state index contributed by atoms with van der Waals surface area (Å²) in [6.45, 7) is 2.71. The van der Waals surface area contributed by atoms with Crippen molar-refractivity contribution < 1.29 is 18.3 Å². The van der Waals surface area contributed by atoms with Crippen LogP contribution in [0.15, 0.2) is 24.5 Å². The second kappa shape index (κ2) is 7.66. The number of aromatic nitrogens is 2. The van der Waals surface area contributed by atoms with E-state index in [1.807, 2.05) is 13.1 Å². The molecule has 2 aromatic rings. The van der Waals surface area contributed by atoms with E-state index in [2.05, 4.69) is 20.2 Å². The van der Waals surface area contributed by atoms with E-state index in [-0.39, 0.29) is 40.9 Å². The lowest BCUT2D eigenvalue weighted by molar-refractivity contribution is -0.110. The zero-order valence-corrected chi connectivity index (χ0v) is 15.2. The molecule has 2 atom stereocenters. The van der Waals surface area contributed by atoms with Crippen LogP contribution in [0.5, 0.6) is 5.88 Å². The molecular weight excluding hydrogens is 368 g/mol. The van der Waals surface area contributed by atoms with E-state index in [1.165, 1.54) is 18.5 Å². The van der Waals surface area contributed by atoms with Crippen molar-refractivity contribution in [3.63, 3.8) is 0 Å². The number of piperidine rings is 1. The van der Waals surface area contributed by atoms with E-state index >= 15 is 0 Å². The van der Waals surface area contributed by atoms with Crippen molar-refractivity contribution in [1.82, 2.24) is 14.9 Å². The van der Waals surface area contributed by atoms with Crippen LogP contribution in [0, 0.1) is 34.8 Å². The lowest BCUT2D eigenvalue weighted by Crippen LogP contribution is -2.56. The van der Waals surface area contributed by atoms with Crippen molar-refractivity contribution in [1.29, 1.82) is 5.26 Å². The van der Waals surface area contributed by atoms with Crippen molar-refractivity contribution in [3.8, 4) is 11.9 Å². The Hall–Kier alpha value is -2.83. The predicted octanol–water partition coefficient (Wildman–Crippen LogP) is 2.33. The molecule has 2 saturated heterocycles. The van der Waals surface area contributed by atoms with Gasteiger partial charge >= 0.3 is 0 Å². The van der Waals surface area contributed by atoms with Crippen molar-refractivity contribution in [2.24, 2.45) is 11.8 Å². The third-order valence-corrected chi connectivity index (χ3v) is 5.04. The van der Waals surface area contributed by atoms with Gasteiger partial charge in [0, 0.05) is 24.9 Å². The first-order chi connectivity index (χ1) is 13.5. The van der Waals surface area contributed by atoms with Crippen LogP contribution in [0.3, 0.4) is 0 Å². The summed E-state index contributed by atoms with van der Waals surface area (Å²) in [4.78, 5) is 10.0. The quantitative estimate of drug-likeness (QED) is 0.862. The van der Waals surface area contributed by atoms with Gasteiger partial charge in [-0.3, -0.25) is 0 Å². The highest BCUT2D eigenvalue weighted by atomic mass is 19.1. The summed E-state index contributed by atoms with van der Waals surface area (Å²) in [6, 6.07) is 5.70. The first kappa shape index (κ1) is 18.5. The van der Waals surface area contributed by atoms with Crippen molar-refractivity contribution in [2.45, 2.75) is 6.10 Å². The molecule has 1 aromatic carbocycles. The molecule has 0 saturated carbocycles. The van der Waals surface area contributed by atoms with Gasteiger partial charge in [-0.25, -0.2) is 9.37 Å². The lowest BCUT2D eigenvalue weighted by Gasteiger charge is -2.45. The third-order valence-electron chi connectivity index (χ3n) is 5.04. The Bertz CT molecular complexity index is 906. The standard InChI is InChI=1S/C19H19F2N5O2/c1-26-6-12-8-27-9-13(7-26)17(12)28-19-16(21)18(23-10-24-19)25-15-3-2-11(5-22)4-14(15)20/h2-4,10,12-13,17H,6-9H2,1H3,(H,23,24,25). The molecular formula is C19H19F2N5O2. The Kier molecular flexibility index (Phi) is 5.07. The van der Waals surface area contributed by atoms with Crippen LogP contribution in [0.25, 0.3) is 0 Å². The number of hydrogen-bond acceptors (Lipinski definition) is 7. The van der Waals surface area contributed by atoms with Crippen molar-refractivity contribution in [2.75, 3.05) is 38.7 Å². The number of nitriles is 1. The Morgan fingerprint density at radius 1 is 1.25 bits per heavy atom. The Morgan fingerprint density at radius 3 is 2.68 bits per heavy atom. The van der Waals surface area contributed by atoms with Crippen LogP contribution in [-0.2, 0) is 4.74 Å². The summed E-state index contributed by atoms with van der Waals surface area (Å²) in [6.07, 6.45) is 0.970. The van der Waals surface area contributed by atoms with E-state index in [1.54, 1.807) is 0 Å². The van der Waals surface area contributed by atoms with Gasteiger partial charge in [-0.15, -0.1) is 0 Å². The van der Waals surface area contributed by atoms with Gasteiger partial charge in [0.25, 0.3) is 5.88 Å². The summed E-state index contributed by atoms with van der Waals surface area (Å²) < 4.78 is 40.5. The van der Waals surface area contributed by atoms with Gasteiger partial charge in [0.05, 0.1) is 30.5 Å². The highest BCUT2D eigenvalue weighted by Gasteiger charge is 2.41. The summed E-state index contributed by atoms with van der Waals surface area (Å²) in [5.41, 5.74) is 0.179. The van der Waals surface area contributed by atoms with Crippen molar-refractivity contribution in [3.05, 3.63) is 41.7 Å². The van der Waals surface area contributed by atoms with Gasteiger partial charge < -0.3 is 19.7 Å². The van der Waals surface area contributed by atoms with Crippen LogP contribution in [-0.4, -0.2) is 54.3 Å². The first-order valence-corrected chi connectivity index (χ1v) is 8.95. The van der Waals surface area contributed by atoms with Gasteiger partial charge in [0.2, 0.25) is 5.82 Å². The van der Waals surface area contributed by atoms with E-state index in [0.29, 0.717) is 13.2 Å². The maximum Gasteiger partial charge on any atom is 0.256 e. The number of benzene rings is 1. The van der Waals surface area contributed by atoms with Crippen molar-refractivity contribution >= 4 is 11.5 Å². The molecule has 28 heavy (non-hydrogen) atoms. The second-order valence-electron chi connectivity index (χ2n) is 7.13. The summed E-state index contributed by atoms with van der Waals surface area (Å²) in [5.74, 6) is -1.58. The molecule has 2 aliphatic rings. The fourth-order valence-electron chi connectivity index (χ4n) is 3.79. The monoisotopic (exact) mass is 387 g/mol. The van der Waals surface area contributed by atoms with Crippen LogP contribution < -0.4 is 10.1 Å². The topological polar surface area (TPSA) is 83.3 Å². The van der Waals surface area contributed by atoms with Crippen LogP contribution in [0.1, 0.15) is 5.56 Å². The SMILES string of the molecule is CN1CC2COCC(C1)C2Oc1ncnc(Nc2ccc(C#N)cc2F)c1F. The van der Waals surface area contributed by atoms with Gasteiger partial charge in [-0.1, -0.05) is 0 Å². The highest BCUT2D eigenvalue weighted by molar-refractivity contribution is 5.59. The molecule has 7 nitrogen and oxygen atoms in total. The molecule has 2 fully saturated rings. The number of rotatable bonds is 4. The van der Waals surface area contributed by atoms with Crippen LogP contribution in [0.4, 0.5) is 20.3 Å². The first-order valence-electron chi connectivity index (χ1n) is 8.95. The summed E-state index contributed by atoms with van der Waals surface area (Å²) >= 11 is 0. The molecule has 0 aliphatic carbocycles. The zero-order chi connectivity index (χ0) is 19.7. The predicted molar refractivity (Wildman–Crippen MR) is 96.1 cm³/mol. The van der Waals surface area contributed by atoms with Gasteiger partial charge in [-0.05, 0) is 25.2 Å². The summed E-state index contributed by atoms with van der Waals surface area (Å²) in [5, 5.41) is 11.4. The molecule has 1 aromatic heterocycles. The number of nitrogens with one attached hydrogen (secondary N) is 1. The van der Waals surface area contributed by atoms with Gasteiger partial charge in [0.15, 0.2) is 5.82 Å². The molecule has 146 valence electrons. The molecule has 2 aliphatic heterocycles. The normalized spacial score (nSPS) is 24.4. The number of ether oxygens (including phenoxy) is 2. The van der Waals surface area contributed by atoms with E-state index in [9.17, 15) is 8.78 Å². The molecule has 3 heterocycles. The number of halogens is 2. The molecule has 2 bridgehead atoms. The summed E-state index contributed by atoms with van der Waals surface area (Å²) in [7, 11) is 2.04. The van der Waals surface area contributed by atoms with Gasteiger partial charge in [0.1, 0.15) is 18.2 Å². The number of fused-ring (bicyclic) bond motifs is 2. The minimum Gasteiger partial charge on any atom is -0.471 e. The number of nitrogens with zero attached hydrogens (tertiary/aromatic N) is 4. The van der Waals surface area contributed by atoms with Crippen LogP contribution >= 0.6 is 0 Å². The lowest BCUT2D eigenvalue weighted by atomic mass is 9.85. The van der Waals surface area contributed by atoms with Gasteiger partial charge in [-0.2, -0.15) is 14.6 Å². The average Bonchev–Trinajstić information content (AvgIpc) is 2.67. The smallest absolute Gasteiger partial charge is 0.256 e. The minimum absolute atomic E-state index is 0.00658. The maximum absolute atomic E-state index is 14.9. The third kappa shape index (κ3) is 3.61.